The Hall–Kier alpha value is -0.940. The number of rotatable bonds is 12. The van der Waals surface area contributed by atoms with Crippen LogP contribution in [0.1, 0.15) is 36.8 Å². The topological polar surface area (TPSA) is 76.1 Å². The average Bonchev–Trinajstić information content (AvgIpc) is 2.50. The van der Waals surface area contributed by atoms with Crippen molar-refractivity contribution in [2.75, 3.05) is 26.2 Å². The molecule has 0 spiro atoms. The van der Waals surface area contributed by atoms with E-state index in [1.807, 2.05) is 0 Å². The number of hydrogen-bond acceptors (Lipinski definition) is 4. The fraction of sp³-hybridized carbons (Fsp3) is 0.625. The van der Waals surface area contributed by atoms with Crippen molar-refractivity contribution in [3.63, 3.8) is 0 Å². The lowest BCUT2D eigenvalue weighted by molar-refractivity contribution is 0.568. The van der Waals surface area contributed by atoms with Gasteiger partial charge in [-0.3, -0.25) is 0 Å². The summed E-state index contributed by atoms with van der Waals surface area (Å²) in [6.07, 6.45) is 4.75. The van der Waals surface area contributed by atoms with Crippen LogP contribution < -0.4 is 22.1 Å². The first-order valence-electron chi connectivity index (χ1n) is 7.76. The van der Waals surface area contributed by atoms with Gasteiger partial charge >= 0.3 is 0 Å². The summed E-state index contributed by atoms with van der Waals surface area (Å²) in [6, 6.07) is 8.49. The van der Waals surface area contributed by atoms with Crippen molar-refractivity contribution in [2.24, 2.45) is 11.5 Å². The number of nitrogens with one attached hydrogen (secondary N) is 2. The fourth-order valence-electron chi connectivity index (χ4n) is 2.05. The van der Waals surface area contributed by atoms with Crippen molar-refractivity contribution in [3.8, 4) is 0 Å². The number of hydrogen-bond donors (Lipinski definition) is 4. The third kappa shape index (κ3) is 8.27. The molecule has 0 radical (unpaired) electrons. The second kappa shape index (κ2) is 11.9. The molecule has 0 aliphatic rings. The molecule has 114 valence electrons. The molecule has 0 amide bonds. The quantitative estimate of drug-likeness (QED) is 0.435. The van der Waals surface area contributed by atoms with E-state index in [9.17, 15) is 0 Å². The maximum absolute atomic E-state index is 5.58. The molecule has 0 fully saturated rings. The van der Waals surface area contributed by atoms with Gasteiger partial charge in [0.2, 0.25) is 0 Å². The van der Waals surface area contributed by atoms with Gasteiger partial charge < -0.3 is 22.1 Å². The van der Waals surface area contributed by atoms with Crippen LogP contribution in [0.25, 0.3) is 0 Å². The first-order valence-corrected chi connectivity index (χ1v) is 7.76. The molecule has 1 aromatic rings. The molecule has 0 aliphatic carbocycles. The van der Waals surface area contributed by atoms with Gasteiger partial charge in [-0.2, -0.15) is 0 Å². The van der Waals surface area contributed by atoms with E-state index < -0.39 is 0 Å². The Morgan fingerprint density at radius 2 is 1.25 bits per heavy atom. The molecular formula is C16H30N4. The van der Waals surface area contributed by atoms with E-state index in [-0.39, 0.29) is 0 Å². The van der Waals surface area contributed by atoms with Crippen molar-refractivity contribution < 1.29 is 0 Å². The van der Waals surface area contributed by atoms with Gasteiger partial charge in [-0.1, -0.05) is 24.3 Å². The number of nitrogens with two attached hydrogens (primary N) is 2. The molecule has 0 bridgehead atoms. The van der Waals surface area contributed by atoms with E-state index in [2.05, 4.69) is 34.9 Å². The van der Waals surface area contributed by atoms with E-state index >= 15 is 0 Å². The van der Waals surface area contributed by atoms with Gasteiger partial charge in [0.05, 0.1) is 0 Å². The molecular weight excluding hydrogens is 248 g/mol. The van der Waals surface area contributed by atoms with Crippen molar-refractivity contribution >= 4 is 0 Å². The van der Waals surface area contributed by atoms with Crippen LogP contribution in [0.4, 0.5) is 0 Å². The molecule has 4 heteroatoms. The first kappa shape index (κ1) is 17.1. The summed E-state index contributed by atoms with van der Waals surface area (Å²) in [5.41, 5.74) is 13.5. The summed E-state index contributed by atoms with van der Waals surface area (Å²) >= 11 is 0. The standard InChI is InChI=1S/C16H30N4/c17-9-1-2-10-19-11-3-4-12-20-14-16-7-5-15(13-18)6-8-16/h5-8,19-20H,1-4,9-14,17-18H2. The molecule has 6 N–H and O–H groups in total. The second-order valence-electron chi connectivity index (χ2n) is 5.15. The van der Waals surface area contributed by atoms with Gasteiger partial charge in [-0.15, -0.1) is 0 Å². The largest absolute Gasteiger partial charge is 0.330 e. The van der Waals surface area contributed by atoms with Crippen LogP contribution in [0, 0.1) is 0 Å². The summed E-state index contributed by atoms with van der Waals surface area (Å²) in [7, 11) is 0. The Morgan fingerprint density at radius 1 is 0.700 bits per heavy atom. The van der Waals surface area contributed by atoms with Gasteiger partial charge in [0.15, 0.2) is 0 Å². The molecule has 0 saturated heterocycles. The van der Waals surface area contributed by atoms with Crippen molar-refractivity contribution in [3.05, 3.63) is 35.4 Å². The lowest BCUT2D eigenvalue weighted by Crippen LogP contribution is -2.20. The summed E-state index contributed by atoms with van der Waals surface area (Å²) in [4.78, 5) is 0. The molecule has 0 unspecified atom stereocenters. The minimum Gasteiger partial charge on any atom is -0.330 e. The lowest BCUT2D eigenvalue weighted by Gasteiger charge is -2.07. The van der Waals surface area contributed by atoms with Crippen LogP contribution in [0.5, 0.6) is 0 Å². The molecule has 4 nitrogen and oxygen atoms in total. The Bertz CT molecular complexity index is 324. The summed E-state index contributed by atoms with van der Waals surface area (Å²) in [5, 5.41) is 6.92. The number of unbranched alkanes of at least 4 members (excludes halogenated alkanes) is 2. The van der Waals surface area contributed by atoms with Gasteiger partial charge in [-0.25, -0.2) is 0 Å². The van der Waals surface area contributed by atoms with Crippen molar-refractivity contribution in [1.29, 1.82) is 0 Å². The molecule has 0 aromatic heterocycles. The SMILES string of the molecule is NCCCCNCCCCNCc1ccc(CN)cc1. The van der Waals surface area contributed by atoms with Crippen LogP contribution in [-0.4, -0.2) is 26.2 Å². The summed E-state index contributed by atoms with van der Waals surface area (Å²) < 4.78 is 0. The second-order valence-corrected chi connectivity index (χ2v) is 5.15. The fourth-order valence-corrected chi connectivity index (χ4v) is 2.05. The molecule has 0 saturated carbocycles. The maximum atomic E-state index is 5.58. The van der Waals surface area contributed by atoms with Crippen molar-refractivity contribution in [1.82, 2.24) is 10.6 Å². The zero-order valence-corrected chi connectivity index (χ0v) is 12.5. The van der Waals surface area contributed by atoms with Crippen LogP contribution in [0.15, 0.2) is 24.3 Å². The van der Waals surface area contributed by atoms with Gasteiger partial charge in [-0.05, 0) is 63.0 Å². The molecule has 20 heavy (non-hydrogen) atoms. The van der Waals surface area contributed by atoms with E-state index in [0.29, 0.717) is 6.54 Å². The molecule has 0 heterocycles. The van der Waals surface area contributed by atoms with Crippen LogP contribution in [-0.2, 0) is 13.1 Å². The Labute approximate surface area is 123 Å². The first-order chi connectivity index (χ1) is 9.86. The van der Waals surface area contributed by atoms with Crippen LogP contribution in [0.3, 0.4) is 0 Å². The Kier molecular flexibility index (Phi) is 10.1. The van der Waals surface area contributed by atoms with E-state index in [1.54, 1.807) is 0 Å². The summed E-state index contributed by atoms with van der Waals surface area (Å²) in [6.45, 7) is 5.64. The predicted octanol–water partition coefficient (Wildman–Crippen LogP) is 1.34. The smallest absolute Gasteiger partial charge is 0.0205 e. The lowest BCUT2D eigenvalue weighted by atomic mass is 10.1. The van der Waals surface area contributed by atoms with Gasteiger partial charge in [0.1, 0.15) is 0 Å². The molecule has 0 aliphatic heterocycles. The molecule has 0 atom stereocenters. The average molecular weight is 278 g/mol. The number of benzene rings is 1. The van der Waals surface area contributed by atoms with Crippen molar-refractivity contribution in [2.45, 2.75) is 38.8 Å². The minimum atomic E-state index is 0.617. The van der Waals surface area contributed by atoms with Gasteiger partial charge in [0.25, 0.3) is 0 Å². The third-order valence-electron chi connectivity index (χ3n) is 3.35. The summed E-state index contributed by atoms with van der Waals surface area (Å²) in [5.74, 6) is 0. The van der Waals surface area contributed by atoms with E-state index in [1.165, 1.54) is 30.4 Å². The normalized spacial score (nSPS) is 10.9. The minimum absolute atomic E-state index is 0.617. The van der Waals surface area contributed by atoms with Crippen LogP contribution in [0.2, 0.25) is 0 Å². The Morgan fingerprint density at radius 3 is 1.85 bits per heavy atom. The van der Waals surface area contributed by atoms with Gasteiger partial charge in [0, 0.05) is 13.1 Å². The highest BCUT2D eigenvalue weighted by Crippen LogP contribution is 2.03. The predicted molar refractivity (Wildman–Crippen MR) is 86.4 cm³/mol. The molecule has 1 aromatic carbocycles. The zero-order valence-electron chi connectivity index (χ0n) is 12.5. The van der Waals surface area contributed by atoms with E-state index in [0.717, 1.165) is 39.1 Å². The van der Waals surface area contributed by atoms with Crippen LogP contribution >= 0.6 is 0 Å². The molecule has 1 rings (SSSR count). The highest BCUT2D eigenvalue weighted by Gasteiger charge is 1.94. The monoisotopic (exact) mass is 278 g/mol. The van der Waals surface area contributed by atoms with E-state index in [4.69, 9.17) is 11.5 Å². The highest BCUT2D eigenvalue weighted by molar-refractivity contribution is 5.22. The zero-order chi connectivity index (χ0) is 14.5. The third-order valence-corrected chi connectivity index (χ3v) is 3.35. The maximum Gasteiger partial charge on any atom is 0.0205 e. The Balaban J connectivity index is 1.91. The highest BCUT2D eigenvalue weighted by atomic mass is 14.9.